The molecule has 3 N–H and O–H groups in total. The molecule has 0 aliphatic rings. The molecule has 0 radical (unpaired) electrons. The van der Waals surface area contributed by atoms with Crippen molar-refractivity contribution in [2.24, 2.45) is 0 Å². The van der Waals surface area contributed by atoms with Crippen LogP contribution in [0.5, 0.6) is 0 Å². The predicted molar refractivity (Wildman–Crippen MR) is 297 cm³/mol. The first-order valence-electron chi connectivity index (χ1n) is 30.9. The number of unbranched alkanes of at least 4 members (excludes halogenated alkanes) is 45. The quantitative estimate of drug-likeness (QED) is 0.0321. The molecule has 0 aromatic heterocycles. The number of allylic oxidation sites excluding steroid dienone is 2. The summed E-state index contributed by atoms with van der Waals surface area (Å²) in [6, 6.07) is -0.548. The second-order valence-electron chi connectivity index (χ2n) is 21.4. The first kappa shape index (κ1) is 66.6. The smallest absolute Gasteiger partial charge is 0.305 e. The molecular weight excluding hydrogens is 839 g/mol. The topological polar surface area (TPSA) is 95.9 Å². The summed E-state index contributed by atoms with van der Waals surface area (Å²) in [7, 11) is 0. The number of hydrogen-bond acceptors (Lipinski definition) is 5. The molecule has 68 heavy (non-hydrogen) atoms. The minimum absolute atomic E-state index is 0.00766. The van der Waals surface area contributed by atoms with Crippen LogP contribution >= 0.6 is 0 Å². The van der Waals surface area contributed by atoms with Gasteiger partial charge in [0, 0.05) is 12.8 Å². The summed E-state index contributed by atoms with van der Waals surface area (Å²) < 4.78 is 5.48. The zero-order valence-electron chi connectivity index (χ0n) is 46.1. The highest BCUT2D eigenvalue weighted by Gasteiger charge is 2.20. The first-order valence-corrected chi connectivity index (χ1v) is 30.9. The number of amides is 1. The number of aliphatic hydroxyl groups excluding tert-OH is 2. The Morgan fingerprint density at radius 3 is 1.04 bits per heavy atom. The van der Waals surface area contributed by atoms with E-state index in [9.17, 15) is 19.8 Å². The van der Waals surface area contributed by atoms with Crippen molar-refractivity contribution in [2.45, 2.75) is 360 Å². The van der Waals surface area contributed by atoms with Crippen molar-refractivity contribution in [3.05, 3.63) is 12.2 Å². The van der Waals surface area contributed by atoms with Crippen LogP contribution in [0.4, 0.5) is 0 Å². The van der Waals surface area contributed by atoms with Gasteiger partial charge >= 0.3 is 5.97 Å². The van der Waals surface area contributed by atoms with Gasteiger partial charge in [0.1, 0.15) is 0 Å². The zero-order chi connectivity index (χ0) is 49.3. The molecule has 0 aliphatic carbocycles. The predicted octanol–water partition coefficient (Wildman–Crippen LogP) is 19.2. The van der Waals surface area contributed by atoms with E-state index in [0.29, 0.717) is 25.9 Å². The van der Waals surface area contributed by atoms with Crippen molar-refractivity contribution in [1.29, 1.82) is 0 Å². The molecule has 0 saturated carbocycles. The number of nitrogens with one attached hydrogen (secondary N) is 1. The summed E-state index contributed by atoms with van der Waals surface area (Å²) >= 11 is 0. The van der Waals surface area contributed by atoms with Crippen LogP contribution in [-0.2, 0) is 14.3 Å². The summed E-state index contributed by atoms with van der Waals surface area (Å²) in [4.78, 5) is 24.6. The van der Waals surface area contributed by atoms with Crippen molar-refractivity contribution in [1.82, 2.24) is 5.32 Å². The van der Waals surface area contributed by atoms with Gasteiger partial charge in [0.2, 0.25) is 5.91 Å². The van der Waals surface area contributed by atoms with Crippen LogP contribution in [0.1, 0.15) is 348 Å². The van der Waals surface area contributed by atoms with Gasteiger partial charge in [0.05, 0.1) is 25.4 Å². The van der Waals surface area contributed by atoms with E-state index < -0.39 is 12.1 Å². The van der Waals surface area contributed by atoms with Gasteiger partial charge < -0.3 is 20.3 Å². The van der Waals surface area contributed by atoms with Crippen LogP contribution in [0.15, 0.2) is 12.2 Å². The highest BCUT2D eigenvalue weighted by atomic mass is 16.5. The fourth-order valence-corrected chi connectivity index (χ4v) is 9.81. The lowest BCUT2D eigenvalue weighted by Gasteiger charge is -2.22. The molecule has 0 saturated heterocycles. The van der Waals surface area contributed by atoms with Gasteiger partial charge in [-0.3, -0.25) is 9.59 Å². The summed E-state index contributed by atoms with van der Waals surface area (Å²) in [6.07, 6.45) is 69.3. The molecular formula is C62H121NO5. The molecule has 0 aromatic carbocycles. The fraction of sp³-hybridized carbons (Fsp3) is 0.935. The van der Waals surface area contributed by atoms with Crippen LogP contribution in [0, 0.1) is 0 Å². The SMILES string of the molecule is CCCCCCCCCCCCCCCCCCCC(O)C(CO)NC(=O)CCCCCCCCC/C=C\CCCCCCCCCCOC(=O)CCCCCCCCCCCCCCCCC. The van der Waals surface area contributed by atoms with Gasteiger partial charge in [-0.15, -0.1) is 0 Å². The molecule has 404 valence electrons. The lowest BCUT2D eigenvalue weighted by Crippen LogP contribution is -2.45. The molecule has 0 aromatic rings. The zero-order valence-corrected chi connectivity index (χ0v) is 46.1. The van der Waals surface area contributed by atoms with E-state index in [-0.39, 0.29) is 18.5 Å². The molecule has 0 heterocycles. The number of carbonyl (C=O) groups excluding carboxylic acids is 2. The molecule has 1 amide bonds. The number of hydrogen-bond donors (Lipinski definition) is 3. The number of aliphatic hydroxyl groups is 2. The molecule has 0 aliphatic heterocycles. The summed E-state index contributed by atoms with van der Waals surface area (Å²) in [5.74, 6) is -0.0339. The van der Waals surface area contributed by atoms with E-state index in [0.717, 1.165) is 38.5 Å². The minimum atomic E-state index is -0.670. The Kier molecular flexibility index (Phi) is 57.0. The van der Waals surface area contributed by atoms with Crippen LogP contribution in [0.3, 0.4) is 0 Å². The first-order chi connectivity index (χ1) is 33.5. The Morgan fingerprint density at radius 2 is 0.691 bits per heavy atom. The van der Waals surface area contributed by atoms with Crippen LogP contribution in [-0.4, -0.2) is 47.4 Å². The van der Waals surface area contributed by atoms with E-state index in [1.54, 1.807) is 0 Å². The van der Waals surface area contributed by atoms with Crippen molar-refractivity contribution in [2.75, 3.05) is 13.2 Å². The van der Waals surface area contributed by atoms with Gasteiger partial charge in [0.25, 0.3) is 0 Å². The van der Waals surface area contributed by atoms with E-state index >= 15 is 0 Å². The monoisotopic (exact) mass is 960 g/mol. The van der Waals surface area contributed by atoms with Gasteiger partial charge in [-0.25, -0.2) is 0 Å². The normalized spacial score (nSPS) is 12.6. The Morgan fingerprint density at radius 1 is 0.397 bits per heavy atom. The van der Waals surface area contributed by atoms with Crippen molar-refractivity contribution in [3.63, 3.8) is 0 Å². The molecule has 0 spiro atoms. The standard InChI is InChI=1S/C62H121NO5/c1-3-5-7-9-11-13-15-17-19-23-27-30-34-38-42-46-50-54-60(65)59(58-64)63-61(66)55-51-47-43-39-35-31-28-24-21-20-22-25-29-33-37-41-45-49-53-57-68-62(67)56-52-48-44-40-36-32-26-18-16-14-12-10-8-6-4-2/h20-21,59-60,64-65H,3-19,22-58H2,1-2H3,(H,63,66)/b21-20-. The van der Waals surface area contributed by atoms with Crippen LogP contribution in [0.25, 0.3) is 0 Å². The second-order valence-corrected chi connectivity index (χ2v) is 21.4. The Labute approximate surface area is 425 Å². The maximum absolute atomic E-state index is 12.5. The summed E-state index contributed by atoms with van der Waals surface area (Å²) in [5, 5.41) is 23.3. The third-order valence-corrected chi connectivity index (χ3v) is 14.6. The van der Waals surface area contributed by atoms with Gasteiger partial charge in [0.15, 0.2) is 0 Å². The average molecular weight is 961 g/mol. The third-order valence-electron chi connectivity index (χ3n) is 14.6. The maximum Gasteiger partial charge on any atom is 0.305 e. The minimum Gasteiger partial charge on any atom is -0.466 e. The number of rotatable bonds is 58. The Balaban J connectivity index is 3.42. The molecule has 2 atom stereocenters. The molecule has 0 fully saturated rings. The lowest BCUT2D eigenvalue weighted by atomic mass is 10.0. The van der Waals surface area contributed by atoms with Crippen LogP contribution < -0.4 is 5.32 Å². The van der Waals surface area contributed by atoms with Crippen molar-refractivity contribution in [3.8, 4) is 0 Å². The Bertz CT molecular complexity index is 1020. The summed E-state index contributed by atoms with van der Waals surface area (Å²) in [5.41, 5.74) is 0. The van der Waals surface area contributed by atoms with E-state index in [4.69, 9.17) is 4.74 Å². The number of esters is 1. The lowest BCUT2D eigenvalue weighted by molar-refractivity contribution is -0.143. The Hall–Kier alpha value is -1.40. The summed E-state index contributed by atoms with van der Waals surface area (Å²) in [6.45, 7) is 4.97. The highest BCUT2D eigenvalue weighted by Crippen LogP contribution is 2.18. The third kappa shape index (κ3) is 53.9. The molecule has 2 unspecified atom stereocenters. The highest BCUT2D eigenvalue weighted by molar-refractivity contribution is 5.76. The van der Waals surface area contributed by atoms with Gasteiger partial charge in [-0.1, -0.05) is 296 Å². The van der Waals surface area contributed by atoms with Gasteiger partial charge in [-0.2, -0.15) is 0 Å². The number of carbonyl (C=O) groups is 2. The molecule has 6 nitrogen and oxygen atoms in total. The molecule has 6 heteroatoms. The average Bonchev–Trinajstić information content (AvgIpc) is 3.34. The molecule has 0 bridgehead atoms. The largest absolute Gasteiger partial charge is 0.466 e. The fourth-order valence-electron chi connectivity index (χ4n) is 9.81. The second kappa shape index (κ2) is 58.2. The van der Waals surface area contributed by atoms with Crippen LogP contribution in [0.2, 0.25) is 0 Å². The van der Waals surface area contributed by atoms with E-state index in [1.165, 1.54) is 276 Å². The molecule has 0 rings (SSSR count). The maximum atomic E-state index is 12.5. The van der Waals surface area contributed by atoms with E-state index in [1.807, 2.05) is 0 Å². The number of ether oxygens (including phenoxy) is 1. The van der Waals surface area contributed by atoms with Gasteiger partial charge in [-0.05, 0) is 51.4 Å². The van der Waals surface area contributed by atoms with Crippen molar-refractivity contribution < 1.29 is 24.5 Å². The van der Waals surface area contributed by atoms with E-state index in [2.05, 4.69) is 31.3 Å². The van der Waals surface area contributed by atoms with Crippen molar-refractivity contribution >= 4 is 11.9 Å².